The van der Waals surface area contributed by atoms with E-state index in [0.29, 0.717) is 30.7 Å². The third kappa shape index (κ3) is 4.68. The first-order valence-corrected chi connectivity index (χ1v) is 9.06. The maximum Gasteiger partial charge on any atom is 0.261 e. The van der Waals surface area contributed by atoms with Crippen LogP contribution < -0.4 is 10.9 Å². The highest BCUT2D eigenvalue weighted by Crippen LogP contribution is 2.12. The van der Waals surface area contributed by atoms with E-state index < -0.39 is 0 Å². The summed E-state index contributed by atoms with van der Waals surface area (Å²) in [6, 6.07) is 5.46. The molecule has 0 bridgehead atoms. The number of carbonyl (C=O) groups is 1. The molecule has 1 saturated heterocycles. The number of ether oxygens (including phenoxy) is 2. The Morgan fingerprint density at radius 1 is 1.46 bits per heavy atom. The van der Waals surface area contributed by atoms with Crippen LogP contribution >= 0.6 is 0 Å². The number of benzene rings is 1. The Kier molecular flexibility index (Phi) is 6.35. The summed E-state index contributed by atoms with van der Waals surface area (Å²) in [5.74, 6) is -0.208. The van der Waals surface area contributed by atoms with Crippen LogP contribution in [0.1, 0.15) is 24.8 Å². The number of aromatic nitrogens is 2. The van der Waals surface area contributed by atoms with Crippen LogP contribution in [-0.4, -0.2) is 47.9 Å². The highest BCUT2D eigenvalue weighted by Gasteiger charge is 2.15. The summed E-state index contributed by atoms with van der Waals surface area (Å²) in [7, 11) is 0. The number of hydrogen-bond acceptors (Lipinski definition) is 5. The molecule has 0 radical (unpaired) electrons. The summed E-state index contributed by atoms with van der Waals surface area (Å²) in [6.45, 7) is 4.41. The number of hydrogen-bond donors (Lipinski definition) is 1. The third-order valence-electron chi connectivity index (χ3n) is 4.48. The van der Waals surface area contributed by atoms with Crippen LogP contribution in [0.25, 0.3) is 10.9 Å². The molecule has 2 heterocycles. The standard InChI is InChI=1S/C19H25N3O4/c1-14-5-2-7-16-18(14)21-13-22(19(16)24)11-17(23)20-8-4-9-25-12-15-6-3-10-26-15/h2,5,7,13,15H,3-4,6,8-12H2,1H3,(H,20,23). The lowest BCUT2D eigenvalue weighted by molar-refractivity contribution is -0.121. The van der Waals surface area contributed by atoms with Gasteiger partial charge in [0.1, 0.15) is 6.54 Å². The van der Waals surface area contributed by atoms with E-state index in [1.807, 2.05) is 19.1 Å². The van der Waals surface area contributed by atoms with Gasteiger partial charge in [-0.1, -0.05) is 12.1 Å². The molecule has 1 unspecified atom stereocenters. The van der Waals surface area contributed by atoms with Crippen LogP contribution in [0.15, 0.2) is 29.3 Å². The normalized spacial score (nSPS) is 16.9. The molecule has 7 heteroatoms. The Balaban J connectivity index is 1.42. The summed E-state index contributed by atoms with van der Waals surface area (Å²) < 4.78 is 12.4. The van der Waals surface area contributed by atoms with Crippen molar-refractivity contribution in [2.75, 3.05) is 26.4 Å². The first-order valence-electron chi connectivity index (χ1n) is 9.06. The minimum Gasteiger partial charge on any atom is -0.379 e. The van der Waals surface area contributed by atoms with Crippen molar-refractivity contribution in [3.8, 4) is 0 Å². The second-order valence-corrected chi connectivity index (χ2v) is 6.56. The van der Waals surface area contributed by atoms with Gasteiger partial charge in [0.2, 0.25) is 5.91 Å². The van der Waals surface area contributed by atoms with Gasteiger partial charge in [-0.15, -0.1) is 0 Å². The molecule has 0 saturated carbocycles. The minimum atomic E-state index is -0.208. The number of para-hydroxylation sites is 1. The van der Waals surface area contributed by atoms with Gasteiger partial charge in [0, 0.05) is 19.8 Å². The summed E-state index contributed by atoms with van der Waals surface area (Å²) in [5, 5.41) is 3.34. The molecule has 1 N–H and O–H groups in total. The SMILES string of the molecule is Cc1cccc2c(=O)n(CC(=O)NCCCOCC3CCCO3)cnc12. The maximum absolute atomic E-state index is 12.5. The molecular formula is C19H25N3O4. The van der Waals surface area contributed by atoms with Crippen molar-refractivity contribution in [1.29, 1.82) is 0 Å². The van der Waals surface area contributed by atoms with Crippen molar-refractivity contribution >= 4 is 16.8 Å². The molecule has 7 nitrogen and oxygen atoms in total. The van der Waals surface area contributed by atoms with Crippen molar-refractivity contribution in [3.63, 3.8) is 0 Å². The molecule has 1 aromatic carbocycles. The number of nitrogens with one attached hydrogen (secondary N) is 1. The average Bonchev–Trinajstić information content (AvgIpc) is 3.14. The van der Waals surface area contributed by atoms with Crippen molar-refractivity contribution in [1.82, 2.24) is 14.9 Å². The maximum atomic E-state index is 12.5. The molecule has 0 aliphatic carbocycles. The monoisotopic (exact) mass is 359 g/mol. The van der Waals surface area contributed by atoms with Crippen LogP contribution in [0.2, 0.25) is 0 Å². The molecule has 2 aromatic rings. The Hall–Kier alpha value is -2.25. The van der Waals surface area contributed by atoms with Crippen LogP contribution in [0, 0.1) is 6.92 Å². The molecule has 1 aromatic heterocycles. The fraction of sp³-hybridized carbons (Fsp3) is 0.526. The van der Waals surface area contributed by atoms with Gasteiger partial charge in [-0.25, -0.2) is 4.98 Å². The van der Waals surface area contributed by atoms with E-state index in [-0.39, 0.29) is 24.1 Å². The highest BCUT2D eigenvalue weighted by molar-refractivity contribution is 5.81. The predicted molar refractivity (Wildman–Crippen MR) is 98.2 cm³/mol. The fourth-order valence-electron chi connectivity index (χ4n) is 3.05. The molecule has 1 fully saturated rings. The Morgan fingerprint density at radius 3 is 3.15 bits per heavy atom. The van der Waals surface area contributed by atoms with E-state index in [1.54, 1.807) is 6.07 Å². The first kappa shape index (κ1) is 18.5. The smallest absolute Gasteiger partial charge is 0.261 e. The Morgan fingerprint density at radius 2 is 2.35 bits per heavy atom. The largest absolute Gasteiger partial charge is 0.379 e. The van der Waals surface area contributed by atoms with Gasteiger partial charge in [-0.3, -0.25) is 14.2 Å². The zero-order valence-corrected chi connectivity index (χ0v) is 15.1. The number of rotatable bonds is 8. The van der Waals surface area contributed by atoms with E-state index >= 15 is 0 Å². The number of amides is 1. The summed E-state index contributed by atoms with van der Waals surface area (Å²) in [6.07, 6.45) is 4.54. The third-order valence-corrected chi connectivity index (χ3v) is 4.48. The molecule has 3 rings (SSSR count). The van der Waals surface area contributed by atoms with Crippen molar-refractivity contribution < 1.29 is 14.3 Å². The first-order chi connectivity index (χ1) is 12.6. The number of carbonyl (C=O) groups excluding carboxylic acids is 1. The van der Waals surface area contributed by atoms with Gasteiger partial charge in [-0.05, 0) is 37.8 Å². The fourth-order valence-corrected chi connectivity index (χ4v) is 3.05. The van der Waals surface area contributed by atoms with Crippen molar-refractivity contribution in [3.05, 3.63) is 40.4 Å². The summed E-state index contributed by atoms with van der Waals surface area (Å²) >= 11 is 0. The number of nitrogens with zero attached hydrogens (tertiary/aromatic N) is 2. The van der Waals surface area contributed by atoms with Crippen LogP contribution in [0.5, 0.6) is 0 Å². The molecule has 1 amide bonds. The van der Waals surface area contributed by atoms with Gasteiger partial charge < -0.3 is 14.8 Å². The van der Waals surface area contributed by atoms with Crippen LogP contribution in [0.3, 0.4) is 0 Å². The number of fused-ring (bicyclic) bond motifs is 1. The van der Waals surface area contributed by atoms with Crippen molar-refractivity contribution in [2.24, 2.45) is 0 Å². The quantitative estimate of drug-likeness (QED) is 0.721. The van der Waals surface area contributed by atoms with Crippen LogP contribution in [-0.2, 0) is 20.8 Å². The molecule has 1 aliphatic rings. The van der Waals surface area contributed by atoms with Gasteiger partial charge in [0.25, 0.3) is 5.56 Å². The highest BCUT2D eigenvalue weighted by atomic mass is 16.5. The van der Waals surface area contributed by atoms with Crippen LogP contribution in [0.4, 0.5) is 0 Å². The average molecular weight is 359 g/mol. The van der Waals surface area contributed by atoms with E-state index in [1.165, 1.54) is 10.9 Å². The molecule has 26 heavy (non-hydrogen) atoms. The predicted octanol–water partition coefficient (Wildman–Crippen LogP) is 1.41. The molecule has 1 aliphatic heterocycles. The zero-order chi connectivity index (χ0) is 18.4. The lowest BCUT2D eigenvalue weighted by Gasteiger charge is -2.11. The van der Waals surface area contributed by atoms with E-state index in [0.717, 1.165) is 31.4 Å². The van der Waals surface area contributed by atoms with E-state index in [9.17, 15) is 9.59 Å². The van der Waals surface area contributed by atoms with E-state index in [2.05, 4.69) is 10.3 Å². The minimum absolute atomic E-state index is 0.0352. The number of aryl methyl sites for hydroxylation is 1. The Bertz CT molecular complexity index is 812. The molecule has 1 atom stereocenters. The van der Waals surface area contributed by atoms with Gasteiger partial charge >= 0.3 is 0 Å². The van der Waals surface area contributed by atoms with Gasteiger partial charge in [0.15, 0.2) is 0 Å². The molecular weight excluding hydrogens is 334 g/mol. The van der Waals surface area contributed by atoms with Crippen molar-refractivity contribution in [2.45, 2.75) is 38.8 Å². The summed E-state index contributed by atoms with van der Waals surface area (Å²) in [4.78, 5) is 28.8. The zero-order valence-electron chi connectivity index (χ0n) is 15.1. The molecule has 0 spiro atoms. The second-order valence-electron chi connectivity index (χ2n) is 6.56. The topological polar surface area (TPSA) is 82.5 Å². The summed E-state index contributed by atoms with van der Waals surface area (Å²) in [5.41, 5.74) is 1.42. The second kappa shape index (κ2) is 8.91. The lowest BCUT2D eigenvalue weighted by atomic mass is 10.1. The van der Waals surface area contributed by atoms with E-state index in [4.69, 9.17) is 9.47 Å². The lowest BCUT2D eigenvalue weighted by Crippen LogP contribution is -2.33. The van der Waals surface area contributed by atoms with Gasteiger partial charge in [0.05, 0.1) is 29.9 Å². The Labute approximate surface area is 152 Å². The van der Waals surface area contributed by atoms with Gasteiger partial charge in [-0.2, -0.15) is 0 Å². The molecule has 140 valence electrons.